The molecule has 0 aliphatic carbocycles. The number of carbonyl (C=O) groups is 1. The number of methoxy groups -OCH3 is 2. The number of hydrogen-bond donors (Lipinski definition) is 0. The van der Waals surface area contributed by atoms with Crippen molar-refractivity contribution in [1.82, 2.24) is 4.98 Å². The van der Waals surface area contributed by atoms with Gasteiger partial charge in [0.1, 0.15) is 22.8 Å². The molecule has 1 aromatic heterocycles. The number of fused-ring (bicyclic) bond motifs is 1. The van der Waals surface area contributed by atoms with E-state index in [1.54, 1.807) is 50.6 Å². The molecule has 0 spiro atoms. The van der Waals surface area contributed by atoms with Gasteiger partial charge in [0.25, 0.3) is 0 Å². The average molecular weight is 443 g/mol. The predicted octanol–water partition coefficient (Wildman–Crippen LogP) is 6.06. The number of Topliss-reactive ketones (excluding diaryl/α,β-unsaturated/α-hetero) is 1. The molecule has 0 atom stereocenters. The van der Waals surface area contributed by atoms with E-state index in [-0.39, 0.29) is 11.7 Å². The Morgan fingerprint density at radius 2 is 1.73 bits per heavy atom. The smallest absolute Gasteiger partial charge is 0.231 e. The summed E-state index contributed by atoms with van der Waals surface area (Å²) < 4.78 is 22.4. The average Bonchev–Trinajstić information content (AvgIpc) is 3.30. The summed E-state index contributed by atoms with van der Waals surface area (Å²) >= 11 is 0. The maximum atomic E-state index is 13.6. The van der Waals surface area contributed by atoms with Gasteiger partial charge in [0.15, 0.2) is 11.4 Å². The Morgan fingerprint density at radius 1 is 0.970 bits per heavy atom. The minimum absolute atomic E-state index is 0.221. The van der Waals surface area contributed by atoms with Gasteiger partial charge in [-0.25, -0.2) is 4.98 Å². The van der Waals surface area contributed by atoms with E-state index in [1.165, 1.54) is 0 Å². The number of aromatic nitrogens is 1. The third kappa shape index (κ3) is 4.90. The van der Waals surface area contributed by atoms with Crippen LogP contribution in [0.2, 0.25) is 0 Å². The highest BCUT2D eigenvalue weighted by Crippen LogP contribution is 2.31. The van der Waals surface area contributed by atoms with Crippen LogP contribution in [-0.4, -0.2) is 31.6 Å². The standard InChI is InChI=1S/C27H25NO5/c1-4-15-32-20-12-9-18(10-13-20)26(29)22(27-28-23-7-5-6-8-24(23)33-27)16-19-11-14-21(30-2)17-25(19)31-3/h5-14,16-17H,4,15H2,1-3H3/b22-16-. The third-order valence-electron chi connectivity index (χ3n) is 5.10. The largest absolute Gasteiger partial charge is 0.497 e. The van der Waals surface area contributed by atoms with Gasteiger partial charge in [-0.3, -0.25) is 4.79 Å². The van der Waals surface area contributed by atoms with Gasteiger partial charge in [-0.15, -0.1) is 0 Å². The summed E-state index contributed by atoms with van der Waals surface area (Å²) in [7, 11) is 3.16. The Balaban J connectivity index is 1.79. The third-order valence-corrected chi connectivity index (χ3v) is 5.10. The summed E-state index contributed by atoms with van der Waals surface area (Å²) in [6.45, 7) is 2.67. The number of nitrogens with zero attached hydrogens (tertiary/aromatic N) is 1. The van der Waals surface area contributed by atoms with Crippen LogP contribution in [0, 0.1) is 0 Å². The SMILES string of the molecule is CCCOc1ccc(C(=O)/C(=C/c2ccc(OC)cc2OC)c2nc3ccccc3o2)cc1. The summed E-state index contributed by atoms with van der Waals surface area (Å²) in [6, 6.07) is 19.9. The van der Waals surface area contributed by atoms with Crippen molar-refractivity contribution < 1.29 is 23.4 Å². The second-order valence-corrected chi connectivity index (χ2v) is 7.35. The molecule has 3 aromatic carbocycles. The van der Waals surface area contributed by atoms with Crippen LogP contribution in [0.3, 0.4) is 0 Å². The fourth-order valence-corrected chi connectivity index (χ4v) is 3.38. The van der Waals surface area contributed by atoms with Crippen LogP contribution in [0.15, 0.2) is 71.1 Å². The van der Waals surface area contributed by atoms with E-state index in [1.807, 2.05) is 43.3 Å². The molecular formula is C27H25NO5. The number of para-hydroxylation sites is 2. The number of oxazole rings is 1. The van der Waals surface area contributed by atoms with Gasteiger partial charge in [-0.2, -0.15) is 0 Å². The van der Waals surface area contributed by atoms with E-state index in [2.05, 4.69) is 4.98 Å². The molecule has 0 radical (unpaired) electrons. The van der Waals surface area contributed by atoms with Gasteiger partial charge in [-0.1, -0.05) is 19.1 Å². The first-order valence-corrected chi connectivity index (χ1v) is 10.7. The molecule has 1 heterocycles. The van der Waals surface area contributed by atoms with Crippen LogP contribution in [0.25, 0.3) is 22.7 Å². The normalized spacial score (nSPS) is 11.4. The van der Waals surface area contributed by atoms with Crippen molar-refractivity contribution in [3.8, 4) is 17.2 Å². The molecule has 4 aromatic rings. The lowest BCUT2D eigenvalue weighted by Crippen LogP contribution is -2.04. The second-order valence-electron chi connectivity index (χ2n) is 7.35. The molecule has 0 fully saturated rings. The first kappa shape index (κ1) is 22.1. The summed E-state index contributed by atoms with van der Waals surface area (Å²) in [5, 5.41) is 0. The van der Waals surface area contributed by atoms with Crippen molar-refractivity contribution in [2.24, 2.45) is 0 Å². The molecule has 4 rings (SSSR count). The maximum absolute atomic E-state index is 13.6. The second kappa shape index (κ2) is 10.0. The van der Waals surface area contributed by atoms with Crippen LogP contribution >= 0.6 is 0 Å². The Labute approximate surface area is 192 Å². The van der Waals surface area contributed by atoms with Crippen molar-refractivity contribution in [3.05, 3.63) is 83.7 Å². The summed E-state index contributed by atoms with van der Waals surface area (Å²) in [6.07, 6.45) is 2.64. The van der Waals surface area contributed by atoms with Crippen LogP contribution in [0.5, 0.6) is 17.2 Å². The summed E-state index contributed by atoms with van der Waals surface area (Å²) in [4.78, 5) is 18.2. The molecule has 0 bridgehead atoms. The van der Waals surface area contributed by atoms with E-state index in [0.29, 0.717) is 45.9 Å². The predicted molar refractivity (Wildman–Crippen MR) is 128 cm³/mol. The van der Waals surface area contributed by atoms with Crippen LogP contribution in [0.1, 0.15) is 35.2 Å². The Hall–Kier alpha value is -4.06. The zero-order valence-electron chi connectivity index (χ0n) is 18.8. The summed E-state index contributed by atoms with van der Waals surface area (Å²) in [5.41, 5.74) is 2.80. The molecule has 0 saturated carbocycles. The number of ketones is 1. The number of hydrogen-bond acceptors (Lipinski definition) is 6. The highest BCUT2D eigenvalue weighted by molar-refractivity contribution is 6.31. The monoisotopic (exact) mass is 443 g/mol. The van der Waals surface area contributed by atoms with Gasteiger partial charge in [0.05, 0.1) is 26.4 Å². The molecule has 33 heavy (non-hydrogen) atoms. The van der Waals surface area contributed by atoms with Crippen molar-refractivity contribution in [2.45, 2.75) is 13.3 Å². The minimum atomic E-state index is -0.221. The quantitative estimate of drug-likeness (QED) is 0.231. The van der Waals surface area contributed by atoms with E-state index >= 15 is 0 Å². The molecule has 168 valence electrons. The summed E-state index contributed by atoms with van der Waals surface area (Å²) in [5.74, 6) is 1.96. The molecule has 0 amide bonds. The minimum Gasteiger partial charge on any atom is -0.497 e. The lowest BCUT2D eigenvalue weighted by Gasteiger charge is -2.10. The molecule has 0 saturated heterocycles. The Bertz CT molecular complexity index is 1250. The van der Waals surface area contributed by atoms with E-state index < -0.39 is 0 Å². The first-order valence-electron chi connectivity index (χ1n) is 10.7. The highest BCUT2D eigenvalue weighted by Gasteiger charge is 2.21. The lowest BCUT2D eigenvalue weighted by molar-refractivity contribution is 0.105. The van der Waals surface area contributed by atoms with E-state index in [0.717, 1.165) is 12.2 Å². The van der Waals surface area contributed by atoms with Gasteiger partial charge in [0, 0.05) is 17.2 Å². The van der Waals surface area contributed by atoms with Crippen molar-refractivity contribution in [1.29, 1.82) is 0 Å². The first-order chi connectivity index (χ1) is 16.1. The molecular weight excluding hydrogens is 418 g/mol. The lowest BCUT2D eigenvalue weighted by atomic mass is 10.00. The van der Waals surface area contributed by atoms with Crippen LogP contribution < -0.4 is 14.2 Å². The van der Waals surface area contributed by atoms with Gasteiger partial charge < -0.3 is 18.6 Å². The van der Waals surface area contributed by atoms with E-state index in [4.69, 9.17) is 18.6 Å². The van der Waals surface area contributed by atoms with Crippen molar-refractivity contribution >= 4 is 28.5 Å². The number of allylic oxidation sites excluding steroid dienone is 1. The van der Waals surface area contributed by atoms with Gasteiger partial charge >= 0.3 is 0 Å². The number of ether oxygens (including phenoxy) is 3. The van der Waals surface area contributed by atoms with E-state index in [9.17, 15) is 4.79 Å². The zero-order chi connectivity index (χ0) is 23.2. The highest BCUT2D eigenvalue weighted by atomic mass is 16.5. The van der Waals surface area contributed by atoms with Gasteiger partial charge in [-0.05, 0) is 61.0 Å². The molecule has 0 aliphatic rings. The Kier molecular flexibility index (Phi) is 6.74. The maximum Gasteiger partial charge on any atom is 0.231 e. The Morgan fingerprint density at radius 3 is 2.42 bits per heavy atom. The zero-order valence-corrected chi connectivity index (χ0v) is 18.8. The van der Waals surface area contributed by atoms with Crippen LogP contribution in [0.4, 0.5) is 0 Å². The fraction of sp³-hybridized carbons (Fsp3) is 0.185. The van der Waals surface area contributed by atoms with Crippen molar-refractivity contribution in [3.63, 3.8) is 0 Å². The van der Waals surface area contributed by atoms with Crippen molar-refractivity contribution in [2.75, 3.05) is 20.8 Å². The number of carbonyl (C=O) groups excluding carboxylic acids is 1. The number of rotatable bonds is 9. The molecule has 6 nitrogen and oxygen atoms in total. The topological polar surface area (TPSA) is 70.8 Å². The molecule has 0 aliphatic heterocycles. The fourth-order valence-electron chi connectivity index (χ4n) is 3.38. The van der Waals surface area contributed by atoms with Crippen LogP contribution in [-0.2, 0) is 0 Å². The molecule has 0 unspecified atom stereocenters. The molecule has 0 N–H and O–H groups in total. The number of benzene rings is 3. The van der Waals surface area contributed by atoms with Gasteiger partial charge in [0.2, 0.25) is 5.89 Å². The molecule has 6 heteroatoms.